The SMILES string of the molecule is CCCNC(=O)NC(=O)CSc1nnc(-c2cccs2)n1-c1ccccc1OC. The number of thioether (sulfide) groups is 1. The van der Waals surface area contributed by atoms with Gasteiger partial charge in [-0.15, -0.1) is 21.5 Å². The Bertz CT molecular complexity index is 972. The summed E-state index contributed by atoms with van der Waals surface area (Å²) >= 11 is 2.75. The van der Waals surface area contributed by atoms with Gasteiger partial charge in [-0.05, 0) is 30.0 Å². The molecule has 0 bridgehead atoms. The van der Waals surface area contributed by atoms with Crippen molar-refractivity contribution in [1.82, 2.24) is 25.4 Å². The molecule has 10 heteroatoms. The molecule has 0 saturated carbocycles. The van der Waals surface area contributed by atoms with E-state index in [9.17, 15) is 9.59 Å². The second-order valence-electron chi connectivity index (χ2n) is 5.88. The van der Waals surface area contributed by atoms with Crippen LogP contribution < -0.4 is 15.4 Å². The molecule has 29 heavy (non-hydrogen) atoms. The molecule has 8 nitrogen and oxygen atoms in total. The fourth-order valence-corrected chi connectivity index (χ4v) is 3.98. The van der Waals surface area contributed by atoms with Crippen LogP contribution in [0.15, 0.2) is 46.9 Å². The van der Waals surface area contributed by atoms with E-state index in [2.05, 4.69) is 20.8 Å². The van der Waals surface area contributed by atoms with Crippen molar-refractivity contribution in [3.63, 3.8) is 0 Å². The lowest BCUT2D eigenvalue weighted by atomic mass is 10.3. The van der Waals surface area contributed by atoms with E-state index in [0.717, 1.165) is 17.0 Å². The summed E-state index contributed by atoms with van der Waals surface area (Å²) in [6, 6.07) is 10.9. The number of nitrogens with zero attached hydrogens (tertiary/aromatic N) is 3. The zero-order valence-corrected chi connectivity index (χ0v) is 17.7. The monoisotopic (exact) mass is 431 g/mol. The maximum Gasteiger partial charge on any atom is 0.321 e. The summed E-state index contributed by atoms with van der Waals surface area (Å²) in [4.78, 5) is 24.7. The number of imide groups is 1. The predicted octanol–water partition coefficient (Wildman–Crippen LogP) is 3.33. The summed E-state index contributed by atoms with van der Waals surface area (Å²) in [5, 5.41) is 16.0. The van der Waals surface area contributed by atoms with E-state index in [1.54, 1.807) is 18.4 Å². The van der Waals surface area contributed by atoms with Crippen LogP contribution in [0.2, 0.25) is 0 Å². The highest BCUT2D eigenvalue weighted by atomic mass is 32.2. The van der Waals surface area contributed by atoms with Gasteiger partial charge in [-0.1, -0.05) is 36.9 Å². The summed E-state index contributed by atoms with van der Waals surface area (Å²) in [7, 11) is 1.60. The Kier molecular flexibility index (Phi) is 7.25. The molecule has 2 aromatic heterocycles. The van der Waals surface area contributed by atoms with Crippen molar-refractivity contribution in [2.75, 3.05) is 19.4 Å². The van der Waals surface area contributed by atoms with Crippen LogP contribution in [0.3, 0.4) is 0 Å². The van der Waals surface area contributed by atoms with Gasteiger partial charge in [-0.2, -0.15) is 0 Å². The average molecular weight is 432 g/mol. The molecule has 0 radical (unpaired) electrons. The number of hydrogen-bond acceptors (Lipinski definition) is 7. The highest BCUT2D eigenvalue weighted by molar-refractivity contribution is 7.99. The van der Waals surface area contributed by atoms with Crippen LogP contribution in [0.5, 0.6) is 5.75 Å². The van der Waals surface area contributed by atoms with E-state index in [-0.39, 0.29) is 5.75 Å². The minimum atomic E-state index is -0.497. The molecule has 3 rings (SSSR count). The first-order valence-electron chi connectivity index (χ1n) is 8.97. The van der Waals surface area contributed by atoms with Gasteiger partial charge >= 0.3 is 6.03 Å². The third kappa shape index (κ3) is 5.15. The van der Waals surface area contributed by atoms with Crippen LogP contribution in [0.25, 0.3) is 16.4 Å². The van der Waals surface area contributed by atoms with Gasteiger partial charge < -0.3 is 10.1 Å². The van der Waals surface area contributed by atoms with Crippen LogP contribution in [0, 0.1) is 0 Å². The summed E-state index contributed by atoms with van der Waals surface area (Å²) in [6.07, 6.45) is 0.796. The number of aromatic nitrogens is 3. The first-order chi connectivity index (χ1) is 14.1. The number of rotatable bonds is 8. The zero-order valence-electron chi connectivity index (χ0n) is 16.0. The Morgan fingerprint density at radius 3 is 2.76 bits per heavy atom. The number of urea groups is 1. The lowest BCUT2D eigenvalue weighted by molar-refractivity contribution is -0.117. The third-order valence-corrected chi connectivity index (χ3v) is 5.62. The van der Waals surface area contributed by atoms with Crippen molar-refractivity contribution in [3.05, 3.63) is 41.8 Å². The Morgan fingerprint density at radius 2 is 2.03 bits per heavy atom. The molecule has 0 aliphatic rings. The highest BCUT2D eigenvalue weighted by Gasteiger charge is 2.20. The third-order valence-electron chi connectivity index (χ3n) is 3.82. The Hall–Kier alpha value is -2.85. The number of carbonyl (C=O) groups excluding carboxylic acids is 2. The lowest BCUT2D eigenvalue weighted by Crippen LogP contribution is -2.40. The molecular formula is C19H21N5O3S2. The smallest absolute Gasteiger partial charge is 0.321 e. The number of ether oxygens (including phenoxy) is 1. The second-order valence-corrected chi connectivity index (χ2v) is 7.77. The maximum atomic E-state index is 12.1. The van der Waals surface area contributed by atoms with Crippen molar-refractivity contribution in [1.29, 1.82) is 0 Å². The molecule has 3 amide bonds. The average Bonchev–Trinajstić information content (AvgIpc) is 3.40. The number of thiophene rings is 1. The van der Waals surface area contributed by atoms with Crippen molar-refractivity contribution >= 4 is 35.0 Å². The molecule has 0 fully saturated rings. The summed E-state index contributed by atoms with van der Waals surface area (Å²) < 4.78 is 7.36. The molecule has 2 N–H and O–H groups in total. The highest BCUT2D eigenvalue weighted by Crippen LogP contribution is 2.33. The van der Waals surface area contributed by atoms with Crippen LogP contribution in [0.1, 0.15) is 13.3 Å². The minimum Gasteiger partial charge on any atom is -0.495 e. The predicted molar refractivity (Wildman–Crippen MR) is 114 cm³/mol. The first kappa shape index (κ1) is 20.9. The summed E-state index contributed by atoms with van der Waals surface area (Å²) in [5.74, 6) is 0.941. The van der Waals surface area contributed by atoms with Gasteiger partial charge in [0.1, 0.15) is 5.75 Å². The maximum absolute atomic E-state index is 12.1. The molecule has 152 valence electrons. The number of carbonyl (C=O) groups is 2. The fraction of sp³-hybridized carbons (Fsp3) is 0.263. The van der Waals surface area contributed by atoms with Gasteiger partial charge in [0.2, 0.25) is 5.91 Å². The van der Waals surface area contributed by atoms with Gasteiger partial charge in [-0.3, -0.25) is 14.7 Å². The van der Waals surface area contributed by atoms with Gasteiger partial charge in [0.15, 0.2) is 11.0 Å². The number of nitrogens with one attached hydrogen (secondary N) is 2. The van der Waals surface area contributed by atoms with Crippen molar-refractivity contribution in [2.45, 2.75) is 18.5 Å². The topological polar surface area (TPSA) is 98.1 Å². The van der Waals surface area contributed by atoms with Crippen LogP contribution in [0.4, 0.5) is 4.79 Å². The van der Waals surface area contributed by atoms with Crippen LogP contribution in [-0.2, 0) is 4.79 Å². The van der Waals surface area contributed by atoms with E-state index in [1.807, 2.05) is 53.3 Å². The molecule has 3 aromatic rings. The molecule has 0 aliphatic carbocycles. The van der Waals surface area contributed by atoms with E-state index in [1.165, 1.54) is 11.8 Å². The van der Waals surface area contributed by atoms with E-state index in [0.29, 0.717) is 23.3 Å². The number of methoxy groups -OCH3 is 1. The first-order valence-corrected chi connectivity index (χ1v) is 10.8. The lowest BCUT2D eigenvalue weighted by Gasteiger charge is -2.13. The molecule has 0 unspecified atom stereocenters. The molecule has 2 heterocycles. The zero-order chi connectivity index (χ0) is 20.6. The summed E-state index contributed by atoms with van der Waals surface area (Å²) in [5.41, 5.74) is 0.770. The standard InChI is InChI=1S/C19H21N5O3S2/c1-3-10-20-18(26)21-16(25)12-29-19-23-22-17(15-9-6-11-28-15)24(19)13-7-4-5-8-14(13)27-2/h4-9,11H,3,10,12H2,1-2H3,(H2,20,21,25,26). The van der Waals surface area contributed by atoms with Crippen LogP contribution >= 0.6 is 23.1 Å². The molecule has 0 aliphatic heterocycles. The molecule has 0 atom stereocenters. The number of para-hydroxylation sites is 2. The van der Waals surface area contributed by atoms with Gasteiger partial charge in [-0.25, -0.2) is 4.79 Å². The second kappa shape index (κ2) is 10.1. The van der Waals surface area contributed by atoms with E-state index in [4.69, 9.17) is 4.74 Å². The summed E-state index contributed by atoms with van der Waals surface area (Å²) in [6.45, 7) is 2.45. The molecule has 0 saturated heterocycles. The normalized spacial score (nSPS) is 10.6. The quantitative estimate of drug-likeness (QED) is 0.531. The number of benzene rings is 1. The largest absolute Gasteiger partial charge is 0.495 e. The molecule has 1 aromatic carbocycles. The van der Waals surface area contributed by atoms with E-state index < -0.39 is 11.9 Å². The molecular weight excluding hydrogens is 410 g/mol. The van der Waals surface area contributed by atoms with Gasteiger partial charge in [0, 0.05) is 6.54 Å². The van der Waals surface area contributed by atoms with Gasteiger partial charge in [0.25, 0.3) is 0 Å². The number of amides is 3. The van der Waals surface area contributed by atoms with Crippen molar-refractivity contribution in [3.8, 4) is 22.1 Å². The van der Waals surface area contributed by atoms with Crippen LogP contribution in [-0.4, -0.2) is 46.1 Å². The number of hydrogen-bond donors (Lipinski definition) is 2. The Labute approximate surface area is 176 Å². The van der Waals surface area contributed by atoms with Gasteiger partial charge in [0.05, 0.1) is 23.4 Å². The Morgan fingerprint density at radius 1 is 1.21 bits per heavy atom. The van der Waals surface area contributed by atoms with E-state index >= 15 is 0 Å². The minimum absolute atomic E-state index is 0.0251. The van der Waals surface area contributed by atoms with Crippen molar-refractivity contribution in [2.24, 2.45) is 0 Å². The Balaban J connectivity index is 1.84. The van der Waals surface area contributed by atoms with Crippen molar-refractivity contribution < 1.29 is 14.3 Å². The molecule has 0 spiro atoms. The fourth-order valence-electron chi connectivity index (χ4n) is 2.54.